The Bertz CT molecular complexity index is 490. The molecular formula is C13H16F3N3O. The normalized spacial score (nSPS) is 23.4. The Morgan fingerprint density at radius 2 is 2.05 bits per heavy atom. The predicted molar refractivity (Wildman–Crippen MR) is 67.9 cm³/mol. The first-order valence-corrected chi connectivity index (χ1v) is 6.47. The quantitative estimate of drug-likeness (QED) is 0.878. The molecule has 0 radical (unpaired) electrons. The van der Waals surface area contributed by atoms with Crippen LogP contribution in [-0.2, 0) is 0 Å². The van der Waals surface area contributed by atoms with Crippen LogP contribution < -0.4 is 11.1 Å². The zero-order valence-corrected chi connectivity index (χ0v) is 10.8. The molecule has 1 amide bonds. The fourth-order valence-corrected chi connectivity index (χ4v) is 2.54. The second-order valence-electron chi connectivity index (χ2n) is 4.95. The summed E-state index contributed by atoms with van der Waals surface area (Å²) in [4.78, 5) is 15.8. The molecule has 20 heavy (non-hydrogen) atoms. The Hall–Kier alpha value is -1.79. The highest BCUT2D eigenvalue weighted by Crippen LogP contribution is 2.37. The lowest BCUT2D eigenvalue weighted by Crippen LogP contribution is -2.47. The van der Waals surface area contributed by atoms with Crippen LogP contribution >= 0.6 is 0 Å². The number of nitrogen functional groups attached to an aromatic ring is 1. The van der Waals surface area contributed by atoms with Crippen LogP contribution in [0.1, 0.15) is 36.2 Å². The van der Waals surface area contributed by atoms with E-state index in [9.17, 15) is 18.0 Å². The van der Waals surface area contributed by atoms with Gasteiger partial charge in [0.25, 0.3) is 5.91 Å². The first-order valence-electron chi connectivity index (χ1n) is 6.47. The number of hydrogen-bond donors (Lipinski definition) is 2. The van der Waals surface area contributed by atoms with Gasteiger partial charge < -0.3 is 11.1 Å². The van der Waals surface area contributed by atoms with Gasteiger partial charge >= 0.3 is 6.18 Å². The van der Waals surface area contributed by atoms with Crippen molar-refractivity contribution in [2.45, 2.75) is 37.9 Å². The third-order valence-electron chi connectivity index (χ3n) is 3.56. The number of aromatic nitrogens is 1. The highest BCUT2D eigenvalue weighted by atomic mass is 19.4. The average molecular weight is 287 g/mol. The molecule has 110 valence electrons. The molecular weight excluding hydrogens is 271 g/mol. The molecule has 2 unspecified atom stereocenters. The molecule has 0 saturated heterocycles. The number of nitrogens with one attached hydrogen (secondary N) is 1. The number of alkyl halides is 3. The van der Waals surface area contributed by atoms with Crippen molar-refractivity contribution < 1.29 is 18.0 Å². The van der Waals surface area contributed by atoms with Gasteiger partial charge in [-0.05, 0) is 25.0 Å². The maximum atomic E-state index is 12.9. The van der Waals surface area contributed by atoms with Gasteiger partial charge in [0.15, 0.2) is 5.69 Å². The largest absolute Gasteiger partial charge is 0.397 e. The topological polar surface area (TPSA) is 68.0 Å². The molecule has 1 aromatic heterocycles. The maximum Gasteiger partial charge on any atom is 0.393 e. The summed E-state index contributed by atoms with van der Waals surface area (Å²) in [5.41, 5.74) is 5.73. The second kappa shape index (κ2) is 5.68. The Morgan fingerprint density at radius 3 is 2.70 bits per heavy atom. The molecule has 1 aliphatic rings. The summed E-state index contributed by atoms with van der Waals surface area (Å²) in [5, 5.41) is 2.43. The van der Waals surface area contributed by atoms with Crippen molar-refractivity contribution in [3.63, 3.8) is 0 Å². The molecule has 0 spiro atoms. The fraction of sp³-hybridized carbons (Fsp3) is 0.538. The van der Waals surface area contributed by atoms with Gasteiger partial charge in [0.1, 0.15) is 0 Å². The van der Waals surface area contributed by atoms with Crippen LogP contribution in [-0.4, -0.2) is 23.1 Å². The van der Waals surface area contributed by atoms with Gasteiger partial charge in [-0.15, -0.1) is 0 Å². The molecule has 1 saturated carbocycles. The number of nitrogens with zero attached hydrogens (tertiary/aromatic N) is 1. The standard InChI is InChI=1S/C13H16F3N3O/c14-13(15,16)8-4-1-2-6-10(8)19-12(20)11-9(17)5-3-7-18-11/h3,5,7-8,10H,1-2,4,6,17H2,(H,19,20). The van der Waals surface area contributed by atoms with Crippen LogP contribution in [0, 0.1) is 5.92 Å². The van der Waals surface area contributed by atoms with E-state index in [-0.39, 0.29) is 17.8 Å². The first-order chi connectivity index (χ1) is 9.39. The van der Waals surface area contributed by atoms with Crippen LogP contribution in [0.5, 0.6) is 0 Å². The van der Waals surface area contributed by atoms with Crippen molar-refractivity contribution in [1.82, 2.24) is 10.3 Å². The second-order valence-corrected chi connectivity index (χ2v) is 4.95. The SMILES string of the molecule is Nc1cccnc1C(=O)NC1CCCCC1C(F)(F)F. The molecule has 1 aliphatic carbocycles. The number of amides is 1. The van der Waals surface area contributed by atoms with Gasteiger partial charge in [0.2, 0.25) is 0 Å². The minimum Gasteiger partial charge on any atom is -0.397 e. The molecule has 0 aromatic carbocycles. The van der Waals surface area contributed by atoms with Crippen LogP contribution in [0.3, 0.4) is 0 Å². The number of pyridine rings is 1. The molecule has 2 rings (SSSR count). The van der Waals surface area contributed by atoms with Gasteiger partial charge in [-0.2, -0.15) is 13.2 Å². The zero-order chi connectivity index (χ0) is 14.8. The van der Waals surface area contributed by atoms with Crippen LogP contribution in [0.2, 0.25) is 0 Å². The van der Waals surface area contributed by atoms with Crippen LogP contribution in [0.4, 0.5) is 18.9 Å². The number of anilines is 1. The summed E-state index contributed by atoms with van der Waals surface area (Å²) < 4.78 is 38.8. The van der Waals surface area contributed by atoms with Crippen LogP contribution in [0.25, 0.3) is 0 Å². The molecule has 4 nitrogen and oxygen atoms in total. The van der Waals surface area contributed by atoms with E-state index < -0.39 is 24.0 Å². The number of nitrogens with two attached hydrogens (primary N) is 1. The van der Waals surface area contributed by atoms with Crippen molar-refractivity contribution >= 4 is 11.6 Å². The molecule has 2 atom stereocenters. The monoisotopic (exact) mass is 287 g/mol. The average Bonchev–Trinajstić information content (AvgIpc) is 2.38. The summed E-state index contributed by atoms with van der Waals surface area (Å²) >= 11 is 0. The summed E-state index contributed by atoms with van der Waals surface area (Å²) in [6, 6.07) is 2.15. The molecule has 1 fully saturated rings. The zero-order valence-electron chi connectivity index (χ0n) is 10.8. The van der Waals surface area contributed by atoms with Crippen molar-refractivity contribution in [1.29, 1.82) is 0 Å². The Kier molecular flexibility index (Phi) is 4.15. The van der Waals surface area contributed by atoms with Gasteiger partial charge in [-0.3, -0.25) is 4.79 Å². The lowest BCUT2D eigenvalue weighted by molar-refractivity contribution is -0.187. The van der Waals surface area contributed by atoms with Gasteiger partial charge in [-0.1, -0.05) is 12.8 Å². The summed E-state index contributed by atoms with van der Waals surface area (Å²) in [7, 11) is 0. The summed E-state index contributed by atoms with van der Waals surface area (Å²) in [6.07, 6.45) is -1.34. The first kappa shape index (κ1) is 14.6. The third-order valence-corrected chi connectivity index (χ3v) is 3.56. The van der Waals surface area contributed by atoms with Crippen molar-refractivity contribution in [3.8, 4) is 0 Å². The van der Waals surface area contributed by atoms with Crippen molar-refractivity contribution in [2.75, 3.05) is 5.73 Å². The number of carbonyl (C=O) groups is 1. The Balaban J connectivity index is 2.11. The highest BCUT2D eigenvalue weighted by Gasteiger charge is 2.46. The molecule has 7 heteroatoms. The molecule has 3 N–H and O–H groups in total. The smallest absolute Gasteiger partial charge is 0.393 e. The van der Waals surface area contributed by atoms with E-state index in [0.29, 0.717) is 19.3 Å². The minimum atomic E-state index is -4.30. The van der Waals surface area contributed by atoms with E-state index in [1.165, 1.54) is 12.3 Å². The van der Waals surface area contributed by atoms with Crippen molar-refractivity contribution in [2.24, 2.45) is 5.92 Å². The van der Waals surface area contributed by atoms with Gasteiger partial charge in [0.05, 0.1) is 11.6 Å². The van der Waals surface area contributed by atoms with Gasteiger partial charge in [0, 0.05) is 12.2 Å². The lowest BCUT2D eigenvalue weighted by Gasteiger charge is -2.33. The molecule has 1 aromatic rings. The van der Waals surface area contributed by atoms with E-state index in [0.717, 1.165) is 0 Å². The maximum absolute atomic E-state index is 12.9. The third kappa shape index (κ3) is 3.20. The Morgan fingerprint density at radius 1 is 1.35 bits per heavy atom. The van der Waals surface area contributed by atoms with E-state index in [1.807, 2.05) is 0 Å². The number of carbonyl (C=O) groups excluding carboxylic acids is 1. The van der Waals surface area contributed by atoms with E-state index in [4.69, 9.17) is 5.73 Å². The molecule has 0 aliphatic heterocycles. The predicted octanol–water partition coefficient (Wildman–Crippen LogP) is 2.51. The summed E-state index contributed by atoms with van der Waals surface area (Å²) in [6.45, 7) is 0. The number of halogens is 3. The van der Waals surface area contributed by atoms with Crippen molar-refractivity contribution in [3.05, 3.63) is 24.0 Å². The molecule has 0 bridgehead atoms. The van der Waals surface area contributed by atoms with Crippen LogP contribution in [0.15, 0.2) is 18.3 Å². The summed E-state index contributed by atoms with van der Waals surface area (Å²) in [5.74, 6) is -2.14. The minimum absolute atomic E-state index is 0.0287. The van der Waals surface area contributed by atoms with E-state index in [1.54, 1.807) is 6.07 Å². The Labute approximate surface area is 114 Å². The van der Waals surface area contributed by atoms with E-state index in [2.05, 4.69) is 10.3 Å². The highest BCUT2D eigenvalue weighted by molar-refractivity contribution is 5.97. The molecule has 1 heterocycles. The number of hydrogen-bond acceptors (Lipinski definition) is 3. The lowest BCUT2D eigenvalue weighted by atomic mass is 9.84. The van der Waals surface area contributed by atoms with Gasteiger partial charge in [-0.25, -0.2) is 4.98 Å². The number of rotatable bonds is 2. The fourth-order valence-electron chi connectivity index (χ4n) is 2.54. The van der Waals surface area contributed by atoms with E-state index >= 15 is 0 Å².